The first kappa shape index (κ1) is 19.6. The van der Waals surface area contributed by atoms with Gasteiger partial charge in [-0.15, -0.1) is 0 Å². The van der Waals surface area contributed by atoms with Crippen LogP contribution in [0.2, 0.25) is 5.02 Å². The van der Waals surface area contributed by atoms with Crippen LogP contribution in [0.4, 0.5) is 0 Å². The molecule has 2 N–H and O–H groups in total. The molecular weight excluding hydrogens is 318 g/mol. The molecule has 6 heteroatoms. The lowest BCUT2D eigenvalue weighted by Gasteiger charge is -2.18. The van der Waals surface area contributed by atoms with Gasteiger partial charge in [0, 0.05) is 11.6 Å². The van der Waals surface area contributed by atoms with Crippen LogP contribution in [0.5, 0.6) is 11.5 Å². The summed E-state index contributed by atoms with van der Waals surface area (Å²) in [4.78, 5) is 12.3. The number of amides is 1. The van der Waals surface area contributed by atoms with Crippen molar-refractivity contribution in [2.45, 2.75) is 46.3 Å². The molecule has 0 aliphatic carbocycles. The van der Waals surface area contributed by atoms with Crippen LogP contribution < -0.4 is 14.8 Å². The quantitative estimate of drug-likeness (QED) is 0.760. The maximum Gasteiger partial charge on any atom is 0.251 e. The van der Waals surface area contributed by atoms with Gasteiger partial charge in [0.1, 0.15) is 0 Å². The Morgan fingerprint density at radius 1 is 1.30 bits per heavy atom. The Hall–Kier alpha value is -1.46. The lowest BCUT2D eigenvalue weighted by atomic mass is 10.1. The number of carbonyl (C=O) groups is 1. The van der Waals surface area contributed by atoms with E-state index in [0.29, 0.717) is 41.0 Å². The monoisotopic (exact) mass is 343 g/mol. The summed E-state index contributed by atoms with van der Waals surface area (Å²) in [6.07, 6.45) is 0.00173. The number of benzene rings is 1. The third-order valence-electron chi connectivity index (χ3n) is 3.12. The Morgan fingerprint density at radius 2 is 1.96 bits per heavy atom. The lowest BCUT2D eigenvalue weighted by Crippen LogP contribution is -2.34. The summed E-state index contributed by atoms with van der Waals surface area (Å²) in [6.45, 7) is 8.09. The molecule has 1 rings (SSSR count). The maximum absolute atomic E-state index is 12.3. The van der Waals surface area contributed by atoms with E-state index in [2.05, 4.69) is 5.32 Å². The third kappa shape index (κ3) is 6.28. The summed E-state index contributed by atoms with van der Waals surface area (Å²) in [5.74, 6) is 0.941. The molecule has 0 radical (unpaired) electrons. The molecule has 0 aliphatic rings. The van der Waals surface area contributed by atoms with E-state index >= 15 is 0 Å². The number of ether oxygens (including phenoxy) is 2. The molecule has 0 aliphatic heterocycles. The van der Waals surface area contributed by atoms with E-state index in [1.165, 1.54) is 7.11 Å². The summed E-state index contributed by atoms with van der Waals surface area (Å²) in [5.41, 5.74) is 0.390. The number of hydrogen-bond acceptors (Lipinski definition) is 4. The topological polar surface area (TPSA) is 67.8 Å². The summed E-state index contributed by atoms with van der Waals surface area (Å²) < 4.78 is 11.0. The fourth-order valence-corrected chi connectivity index (χ4v) is 2.38. The average Bonchev–Trinajstić information content (AvgIpc) is 2.43. The molecule has 130 valence electrons. The highest BCUT2D eigenvalue weighted by Crippen LogP contribution is 2.36. The van der Waals surface area contributed by atoms with Crippen molar-refractivity contribution in [2.24, 2.45) is 5.92 Å². The molecule has 0 saturated heterocycles. The zero-order valence-corrected chi connectivity index (χ0v) is 15.1. The van der Waals surface area contributed by atoms with Gasteiger partial charge in [0.05, 0.1) is 24.8 Å². The highest BCUT2D eigenvalue weighted by atomic mass is 35.5. The van der Waals surface area contributed by atoms with Crippen molar-refractivity contribution >= 4 is 17.5 Å². The van der Waals surface area contributed by atoms with Crippen LogP contribution in [0, 0.1) is 5.92 Å². The second-order valence-corrected chi connectivity index (χ2v) is 6.56. The predicted octanol–water partition coefficient (Wildman–Crippen LogP) is 3.27. The Bertz CT molecular complexity index is 532. The Labute approximate surface area is 142 Å². The van der Waals surface area contributed by atoms with Crippen molar-refractivity contribution in [2.75, 3.05) is 13.7 Å². The van der Waals surface area contributed by atoms with Gasteiger partial charge < -0.3 is 19.9 Å². The molecule has 0 unspecified atom stereocenters. The van der Waals surface area contributed by atoms with Gasteiger partial charge in [-0.25, -0.2) is 0 Å². The van der Waals surface area contributed by atoms with Crippen LogP contribution >= 0.6 is 11.6 Å². The zero-order valence-electron chi connectivity index (χ0n) is 14.4. The predicted molar refractivity (Wildman–Crippen MR) is 91.6 cm³/mol. The summed E-state index contributed by atoms with van der Waals surface area (Å²) in [7, 11) is 1.51. The molecule has 0 spiro atoms. The van der Waals surface area contributed by atoms with Gasteiger partial charge in [-0.05, 0) is 38.3 Å². The van der Waals surface area contributed by atoms with Crippen molar-refractivity contribution in [3.63, 3.8) is 0 Å². The van der Waals surface area contributed by atoms with E-state index < -0.39 is 6.10 Å². The fourth-order valence-electron chi connectivity index (χ4n) is 2.12. The zero-order chi connectivity index (χ0) is 17.6. The highest BCUT2D eigenvalue weighted by molar-refractivity contribution is 6.32. The van der Waals surface area contributed by atoms with Crippen molar-refractivity contribution in [3.8, 4) is 11.5 Å². The van der Waals surface area contributed by atoms with Crippen LogP contribution in [0.15, 0.2) is 12.1 Å². The number of nitrogens with one attached hydrogen (secondary N) is 1. The molecule has 0 saturated carbocycles. The molecule has 0 bridgehead atoms. The van der Waals surface area contributed by atoms with Crippen molar-refractivity contribution < 1.29 is 19.4 Å². The molecule has 1 aromatic rings. The van der Waals surface area contributed by atoms with Gasteiger partial charge >= 0.3 is 0 Å². The molecule has 1 aromatic carbocycles. The van der Waals surface area contributed by atoms with Crippen LogP contribution in [0.1, 0.15) is 44.5 Å². The summed E-state index contributed by atoms with van der Waals surface area (Å²) in [6, 6.07) is 3.01. The SMILES string of the molecule is COc1cc(C(=O)N[C@H](C)C[C@H](C)O)cc(Cl)c1OCC(C)C. The van der Waals surface area contributed by atoms with Crippen molar-refractivity contribution in [1.82, 2.24) is 5.32 Å². The van der Waals surface area contributed by atoms with Crippen molar-refractivity contribution in [1.29, 1.82) is 0 Å². The van der Waals surface area contributed by atoms with Gasteiger partial charge in [0.2, 0.25) is 0 Å². The van der Waals surface area contributed by atoms with E-state index in [0.717, 1.165) is 0 Å². The van der Waals surface area contributed by atoms with Gasteiger partial charge in [0.15, 0.2) is 11.5 Å². The first-order chi connectivity index (χ1) is 10.7. The minimum Gasteiger partial charge on any atom is -0.493 e. The second kappa shape index (κ2) is 8.99. The van der Waals surface area contributed by atoms with Crippen LogP contribution in [0.3, 0.4) is 0 Å². The Kier molecular flexibility index (Phi) is 7.65. The van der Waals surface area contributed by atoms with E-state index in [4.69, 9.17) is 21.1 Å². The minimum absolute atomic E-state index is 0.149. The summed E-state index contributed by atoms with van der Waals surface area (Å²) >= 11 is 6.24. The second-order valence-electron chi connectivity index (χ2n) is 6.15. The Balaban J connectivity index is 2.92. The normalized spacial score (nSPS) is 13.6. The molecule has 5 nitrogen and oxygen atoms in total. The van der Waals surface area contributed by atoms with Crippen molar-refractivity contribution in [3.05, 3.63) is 22.7 Å². The minimum atomic E-state index is -0.477. The Morgan fingerprint density at radius 3 is 2.48 bits per heavy atom. The first-order valence-corrected chi connectivity index (χ1v) is 8.11. The molecule has 2 atom stereocenters. The number of methoxy groups -OCH3 is 1. The maximum atomic E-state index is 12.3. The van der Waals surface area contributed by atoms with Gasteiger partial charge in [0.25, 0.3) is 5.91 Å². The number of aliphatic hydroxyl groups excluding tert-OH is 1. The standard InChI is InChI=1S/C17H26ClNO4/c1-10(2)9-23-16-14(18)7-13(8-15(16)22-5)17(21)19-11(3)6-12(4)20/h7-8,10-12,20H,6,9H2,1-5H3,(H,19,21)/t11-,12+/m1/s1. The van der Waals surface area contributed by atoms with Gasteiger partial charge in [-0.3, -0.25) is 4.79 Å². The smallest absolute Gasteiger partial charge is 0.251 e. The number of hydrogen-bond donors (Lipinski definition) is 2. The van der Waals surface area contributed by atoms with E-state index in [1.807, 2.05) is 20.8 Å². The molecular formula is C17H26ClNO4. The molecule has 23 heavy (non-hydrogen) atoms. The number of carbonyl (C=O) groups excluding carboxylic acids is 1. The molecule has 0 fully saturated rings. The molecule has 1 amide bonds. The largest absolute Gasteiger partial charge is 0.493 e. The first-order valence-electron chi connectivity index (χ1n) is 7.73. The van der Waals surface area contributed by atoms with Crippen LogP contribution in [-0.2, 0) is 0 Å². The van der Waals surface area contributed by atoms with Gasteiger partial charge in [-0.2, -0.15) is 0 Å². The van der Waals surface area contributed by atoms with E-state index in [9.17, 15) is 9.90 Å². The molecule has 0 heterocycles. The lowest BCUT2D eigenvalue weighted by molar-refractivity contribution is 0.0922. The van der Waals surface area contributed by atoms with Crippen LogP contribution in [0.25, 0.3) is 0 Å². The summed E-state index contributed by atoms with van der Waals surface area (Å²) in [5, 5.41) is 12.5. The fraction of sp³-hybridized carbons (Fsp3) is 0.588. The number of aliphatic hydroxyl groups is 1. The number of halogens is 1. The van der Waals surface area contributed by atoms with Gasteiger partial charge in [-0.1, -0.05) is 25.4 Å². The molecule has 0 aromatic heterocycles. The van der Waals surface area contributed by atoms with E-state index in [1.54, 1.807) is 19.1 Å². The highest BCUT2D eigenvalue weighted by Gasteiger charge is 2.18. The van der Waals surface area contributed by atoms with E-state index in [-0.39, 0.29) is 11.9 Å². The third-order valence-corrected chi connectivity index (χ3v) is 3.41. The average molecular weight is 344 g/mol. The number of rotatable bonds is 8. The van der Waals surface area contributed by atoms with Crippen LogP contribution in [-0.4, -0.2) is 36.9 Å².